The highest BCUT2D eigenvalue weighted by atomic mass is 127. The fraction of sp³-hybridized carbons (Fsp3) is 1.00. The zero-order valence-corrected chi connectivity index (χ0v) is 47.6. The van der Waals surface area contributed by atoms with Crippen LogP contribution in [0.2, 0.25) is 54.4 Å². The van der Waals surface area contributed by atoms with E-state index in [0.717, 1.165) is 32.1 Å². The van der Waals surface area contributed by atoms with Crippen LogP contribution >= 0.6 is 22.6 Å². The molecule has 2 heterocycles. The van der Waals surface area contributed by atoms with Crippen molar-refractivity contribution in [1.82, 2.24) is 0 Å². The van der Waals surface area contributed by atoms with Crippen molar-refractivity contribution in [3.63, 3.8) is 0 Å². The standard InChI is InChI=1S/C50H103IO5Si3/c1-17-18-19-20-21-22-23-24-25-26-27-28-29-30-32-36-43(55-58(13,14)49(5,6)7)45-40-46(56-59(15,16)50(8,9)10)47(53-45)44-38-37-41(52-44)42(35-33-31-34-39-51)54-57(11,12)48(2,3)4/h41-47H,17-40H2,1-16H3/t41-,42-,43-,44-,45-,46+,47+/m0/s1. The zero-order valence-electron chi connectivity index (χ0n) is 42.4. The first-order valence-electron chi connectivity index (χ1n) is 25.3. The van der Waals surface area contributed by atoms with E-state index in [1.807, 2.05) is 0 Å². The van der Waals surface area contributed by atoms with E-state index >= 15 is 0 Å². The van der Waals surface area contributed by atoms with Crippen molar-refractivity contribution in [2.45, 2.75) is 314 Å². The van der Waals surface area contributed by atoms with Crippen LogP contribution in [-0.2, 0) is 22.8 Å². The van der Waals surface area contributed by atoms with Gasteiger partial charge < -0.3 is 22.8 Å². The molecule has 0 aromatic heterocycles. The Labute approximate surface area is 386 Å². The summed E-state index contributed by atoms with van der Waals surface area (Å²) in [5.41, 5.74) is 0. The first kappa shape index (κ1) is 56.3. The fourth-order valence-electron chi connectivity index (χ4n) is 8.23. The van der Waals surface area contributed by atoms with Gasteiger partial charge in [0.1, 0.15) is 6.10 Å². The zero-order chi connectivity index (χ0) is 44.5. The minimum absolute atomic E-state index is 0.0268. The van der Waals surface area contributed by atoms with Crippen LogP contribution in [0.25, 0.3) is 0 Å². The van der Waals surface area contributed by atoms with Gasteiger partial charge >= 0.3 is 0 Å². The molecule has 2 aliphatic heterocycles. The van der Waals surface area contributed by atoms with Crippen molar-refractivity contribution in [3.8, 4) is 0 Å². The summed E-state index contributed by atoms with van der Waals surface area (Å²) in [4.78, 5) is 0. The third-order valence-corrected chi connectivity index (χ3v) is 29.7. The highest BCUT2D eigenvalue weighted by Gasteiger charge is 2.52. The SMILES string of the molecule is CCCCCCCCCCCCCCCCC[C@H](O[Si](C)(C)C(C)(C)C)[C@@H]1C[C@@H](O[Si](C)(C)C(C)(C)C)[C@@H]([C@@H]2CC[C@@H]([C@H](CCCCCI)O[Si](C)(C)C(C)(C)C)O2)O1. The van der Waals surface area contributed by atoms with Gasteiger partial charge in [-0.3, -0.25) is 0 Å². The van der Waals surface area contributed by atoms with Crippen molar-refractivity contribution < 1.29 is 22.8 Å². The minimum Gasteiger partial charge on any atom is -0.411 e. The smallest absolute Gasteiger partial charge is 0.192 e. The van der Waals surface area contributed by atoms with E-state index in [2.05, 4.69) is 131 Å². The second-order valence-electron chi connectivity index (χ2n) is 23.7. The molecule has 2 saturated heterocycles. The van der Waals surface area contributed by atoms with Crippen LogP contribution in [0.5, 0.6) is 0 Å². The topological polar surface area (TPSA) is 46.2 Å². The molecule has 0 aromatic rings. The Morgan fingerprint density at radius 3 is 1.31 bits per heavy atom. The van der Waals surface area contributed by atoms with Crippen molar-refractivity contribution in [1.29, 1.82) is 0 Å². The number of halogens is 1. The van der Waals surface area contributed by atoms with E-state index in [0.29, 0.717) is 0 Å². The lowest BCUT2D eigenvalue weighted by Gasteiger charge is -2.41. The van der Waals surface area contributed by atoms with E-state index < -0.39 is 25.0 Å². The van der Waals surface area contributed by atoms with Gasteiger partial charge in [0.25, 0.3) is 0 Å². The van der Waals surface area contributed by atoms with Gasteiger partial charge in [0.05, 0.1) is 36.6 Å². The molecule has 0 aliphatic carbocycles. The highest BCUT2D eigenvalue weighted by molar-refractivity contribution is 14.1. The van der Waals surface area contributed by atoms with Gasteiger partial charge in [-0.15, -0.1) is 0 Å². The van der Waals surface area contributed by atoms with E-state index in [4.69, 9.17) is 22.8 Å². The largest absolute Gasteiger partial charge is 0.411 e. The summed E-state index contributed by atoms with van der Waals surface area (Å²) in [5, 5.41) is 0.438. The molecule has 2 rings (SSSR count). The quantitative estimate of drug-likeness (QED) is 0.0311. The number of unbranched alkanes of at least 4 members (excludes halogenated alkanes) is 16. The molecule has 9 heteroatoms. The first-order chi connectivity index (χ1) is 27.4. The monoisotopic (exact) mass is 995 g/mol. The van der Waals surface area contributed by atoms with Crippen molar-refractivity contribution >= 4 is 47.5 Å². The second-order valence-corrected chi connectivity index (χ2v) is 39.0. The number of hydrogen-bond acceptors (Lipinski definition) is 5. The first-order valence-corrected chi connectivity index (χ1v) is 35.5. The Hall–Kier alpha value is 1.18. The molecule has 0 saturated carbocycles. The number of alkyl halides is 1. The predicted octanol–water partition coefficient (Wildman–Crippen LogP) is 17.1. The summed E-state index contributed by atoms with van der Waals surface area (Å²) in [6.07, 6.45) is 30.0. The average Bonchev–Trinajstić information content (AvgIpc) is 3.76. The molecule has 2 fully saturated rings. The van der Waals surface area contributed by atoms with E-state index in [9.17, 15) is 0 Å². The van der Waals surface area contributed by atoms with Crippen LogP contribution in [0.1, 0.15) is 217 Å². The van der Waals surface area contributed by atoms with Gasteiger partial charge in [0, 0.05) is 6.42 Å². The molecule has 59 heavy (non-hydrogen) atoms. The van der Waals surface area contributed by atoms with Gasteiger partial charge in [-0.2, -0.15) is 0 Å². The van der Waals surface area contributed by atoms with Gasteiger partial charge in [-0.1, -0.05) is 201 Å². The lowest BCUT2D eigenvalue weighted by molar-refractivity contribution is -0.120. The maximum absolute atomic E-state index is 7.39. The second kappa shape index (κ2) is 26.4. The average molecular weight is 996 g/mol. The van der Waals surface area contributed by atoms with Gasteiger partial charge in [0.2, 0.25) is 0 Å². The van der Waals surface area contributed by atoms with E-state index in [1.165, 1.54) is 120 Å². The molecule has 0 radical (unpaired) electrons. The summed E-state index contributed by atoms with van der Waals surface area (Å²) in [7, 11) is -6.08. The third kappa shape index (κ3) is 19.7. The van der Waals surface area contributed by atoms with Gasteiger partial charge in [-0.25, -0.2) is 0 Å². The van der Waals surface area contributed by atoms with Crippen LogP contribution in [0.4, 0.5) is 0 Å². The van der Waals surface area contributed by atoms with Crippen molar-refractivity contribution in [2.24, 2.45) is 0 Å². The summed E-state index contributed by atoms with van der Waals surface area (Å²) in [5.74, 6) is 0. The molecule has 0 bridgehead atoms. The Morgan fingerprint density at radius 2 is 0.898 bits per heavy atom. The lowest BCUT2D eigenvalue weighted by Crippen LogP contribution is -2.49. The lowest BCUT2D eigenvalue weighted by atomic mass is 9.99. The van der Waals surface area contributed by atoms with Crippen LogP contribution in [0.3, 0.4) is 0 Å². The van der Waals surface area contributed by atoms with Crippen LogP contribution < -0.4 is 0 Å². The Morgan fingerprint density at radius 1 is 0.508 bits per heavy atom. The molecule has 0 unspecified atom stereocenters. The van der Waals surface area contributed by atoms with Gasteiger partial charge in [0.15, 0.2) is 25.0 Å². The van der Waals surface area contributed by atoms with Crippen molar-refractivity contribution in [3.05, 3.63) is 0 Å². The Bertz CT molecular complexity index is 1110. The van der Waals surface area contributed by atoms with Crippen LogP contribution in [0, 0.1) is 0 Å². The molecule has 2 aliphatic rings. The Kier molecular flexibility index (Phi) is 25.2. The molecule has 0 aromatic carbocycles. The highest BCUT2D eigenvalue weighted by Crippen LogP contribution is 2.46. The van der Waals surface area contributed by atoms with Crippen LogP contribution in [-0.4, -0.2) is 72.1 Å². The summed E-state index contributed by atoms with van der Waals surface area (Å²) < 4.78 is 37.8. The molecular weight excluding hydrogens is 892 g/mol. The maximum Gasteiger partial charge on any atom is 0.192 e. The number of hydrogen-bond donors (Lipinski definition) is 0. The normalized spacial score (nSPS) is 23.6. The van der Waals surface area contributed by atoms with E-state index in [-0.39, 0.29) is 57.8 Å². The molecule has 0 amide bonds. The summed E-state index contributed by atoms with van der Waals surface area (Å²) in [6.45, 7) is 38.1. The predicted molar refractivity (Wildman–Crippen MR) is 274 cm³/mol. The molecule has 7 atom stereocenters. The van der Waals surface area contributed by atoms with E-state index in [1.54, 1.807) is 0 Å². The number of rotatable bonds is 30. The molecule has 352 valence electrons. The molecule has 0 N–H and O–H groups in total. The van der Waals surface area contributed by atoms with Crippen molar-refractivity contribution in [2.75, 3.05) is 4.43 Å². The van der Waals surface area contributed by atoms with Gasteiger partial charge in [-0.05, 0) is 90.9 Å². The number of ether oxygens (including phenoxy) is 2. The minimum atomic E-state index is -2.07. The Balaban J connectivity index is 2.17. The summed E-state index contributed by atoms with van der Waals surface area (Å²) >= 11 is 2.51. The summed E-state index contributed by atoms with van der Waals surface area (Å²) in [6, 6.07) is 0. The third-order valence-electron chi connectivity index (χ3n) is 15.4. The molecule has 5 nitrogen and oxygen atoms in total. The fourth-order valence-corrected chi connectivity index (χ4v) is 12.9. The molecule has 0 spiro atoms. The molecular formula is C50H103IO5Si3. The van der Waals surface area contributed by atoms with Crippen LogP contribution in [0.15, 0.2) is 0 Å². The maximum atomic E-state index is 7.39.